The molecule has 1 saturated carbocycles. The van der Waals surface area contributed by atoms with Crippen LogP contribution in [0.2, 0.25) is 0 Å². The normalized spacial score (nSPS) is 14.5. The third-order valence-corrected chi connectivity index (χ3v) is 2.88. The smallest absolute Gasteiger partial charge is 0.130 e. The summed E-state index contributed by atoms with van der Waals surface area (Å²) in [4.78, 5) is 6.58. The van der Waals surface area contributed by atoms with E-state index >= 15 is 0 Å². The molecule has 2 rings (SSSR count). The molecule has 0 saturated heterocycles. The van der Waals surface area contributed by atoms with Crippen molar-refractivity contribution in [2.45, 2.75) is 32.2 Å². The molecule has 0 aliphatic heterocycles. The van der Waals surface area contributed by atoms with Gasteiger partial charge in [-0.2, -0.15) is 5.26 Å². The van der Waals surface area contributed by atoms with Crippen LogP contribution in [0.25, 0.3) is 0 Å². The van der Waals surface area contributed by atoms with Crippen LogP contribution in [-0.4, -0.2) is 17.6 Å². The molecule has 4 nitrogen and oxygen atoms in total. The van der Waals surface area contributed by atoms with Crippen LogP contribution in [-0.2, 0) is 0 Å². The van der Waals surface area contributed by atoms with Crippen molar-refractivity contribution in [3.63, 3.8) is 0 Å². The summed E-state index contributed by atoms with van der Waals surface area (Å²) in [5.74, 6) is 0.904. The molecule has 1 aromatic heterocycles. The predicted molar refractivity (Wildman–Crippen MR) is 64.0 cm³/mol. The van der Waals surface area contributed by atoms with Gasteiger partial charge < -0.3 is 10.6 Å². The van der Waals surface area contributed by atoms with Gasteiger partial charge in [0.05, 0.1) is 12.5 Å². The van der Waals surface area contributed by atoms with E-state index in [1.54, 1.807) is 6.20 Å². The lowest BCUT2D eigenvalue weighted by atomic mass is 10.2. The maximum absolute atomic E-state index is 8.64. The molecule has 1 heterocycles. The second-order valence-corrected chi connectivity index (χ2v) is 4.23. The highest BCUT2D eigenvalue weighted by atomic mass is 15.2. The van der Waals surface area contributed by atoms with Gasteiger partial charge in [0.25, 0.3) is 0 Å². The van der Waals surface area contributed by atoms with Crippen molar-refractivity contribution in [1.82, 2.24) is 4.98 Å². The van der Waals surface area contributed by atoms with Crippen molar-refractivity contribution in [3.05, 3.63) is 17.8 Å². The van der Waals surface area contributed by atoms with E-state index in [1.807, 2.05) is 13.0 Å². The zero-order chi connectivity index (χ0) is 11.5. The summed E-state index contributed by atoms with van der Waals surface area (Å²) in [6.45, 7) is 2.69. The van der Waals surface area contributed by atoms with Crippen molar-refractivity contribution < 1.29 is 0 Å². The summed E-state index contributed by atoms with van der Waals surface area (Å²) in [5.41, 5.74) is 7.65. The fourth-order valence-electron chi connectivity index (χ4n) is 1.73. The standard InChI is InChI=1S/C12H16N4/c1-9-8-15-12(7-11(9)14)16(6-2-5-13)10-3-4-10/h7-8,10H,2-4,6H2,1H3,(H2,14,15). The molecule has 0 spiro atoms. The molecule has 2 N–H and O–H groups in total. The lowest BCUT2D eigenvalue weighted by molar-refractivity contribution is 0.778. The Morgan fingerprint density at radius 1 is 1.62 bits per heavy atom. The molecule has 84 valence electrons. The number of nitrogen functional groups attached to an aromatic ring is 1. The van der Waals surface area contributed by atoms with Gasteiger partial charge in [-0.05, 0) is 25.3 Å². The van der Waals surface area contributed by atoms with E-state index in [0.717, 1.165) is 23.6 Å². The van der Waals surface area contributed by atoms with Gasteiger partial charge in [0.1, 0.15) is 5.82 Å². The Labute approximate surface area is 95.7 Å². The molecular formula is C12H16N4. The number of pyridine rings is 1. The van der Waals surface area contributed by atoms with Gasteiger partial charge >= 0.3 is 0 Å². The topological polar surface area (TPSA) is 65.9 Å². The second-order valence-electron chi connectivity index (χ2n) is 4.23. The molecule has 0 amide bonds. The SMILES string of the molecule is Cc1cnc(N(CCC#N)C2CC2)cc1N. The minimum Gasteiger partial charge on any atom is -0.398 e. The van der Waals surface area contributed by atoms with Crippen molar-refractivity contribution in [2.24, 2.45) is 0 Å². The van der Waals surface area contributed by atoms with Gasteiger partial charge in [0.15, 0.2) is 0 Å². The first-order chi connectivity index (χ1) is 7.72. The minimum atomic E-state index is 0.534. The lowest BCUT2D eigenvalue weighted by Crippen LogP contribution is -2.27. The fraction of sp³-hybridized carbons (Fsp3) is 0.500. The summed E-state index contributed by atoms with van der Waals surface area (Å²) in [6.07, 6.45) is 4.72. The molecule has 0 atom stereocenters. The van der Waals surface area contributed by atoms with Crippen LogP contribution in [0.15, 0.2) is 12.3 Å². The van der Waals surface area contributed by atoms with Crippen molar-refractivity contribution in [1.29, 1.82) is 5.26 Å². The van der Waals surface area contributed by atoms with Gasteiger partial charge in [0.2, 0.25) is 0 Å². The average molecular weight is 216 g/mol. The molecule has 4 heteroatoms. The quantitative estimate of drug-likeness (QED) is 0.834. The third-order valence-electron chi connectivity index (χ3n) is 2.88. The average Bonchev–Trinajstić information content (AvgIpc) is 3.08. The van der Waals surface area contributed by atoms with Gasteiger partial charge in [-0.25, -0.2) is 4.98 Å². The number of nitriles is 1. The Morgan fingerprint density at radius 3 is 2.94 bits per heavy atom. The predicted octanol–water partition coefficient (Wildman–Crippen LogP) is 1.85. The van der Waals surface area contributed by atoms with E-state index < -0.39 is 0 Å². The maximum atomic E-state index is 8.64. The van der Waals surface area contributed by atoms with E-state index in [9.17, 15) is 0 Å². The molecular weight excluding hydrogens is 200 g/mol. The van der Waals surface area contributed by atoms with Crippen LogP contribution in [0.3, 0.4) is 0 Å². The first kappa shape index (κ1) is 10.7. The van der Waals surface area contributed by atoms with E-state index in [0.29, 0.717) is 12.5 Å². The molecule has 1 aliphatic rings. The Kier molecular flexibility index (Phi) is 2.95. The van der Waals surface area contributed by atoms with Crippen LogP contribution < -0.4 is 10.6 Å². The second kappa shape index (κ2) is 4.40. The first-order valence-electron chi connectivity index (χ1n) is 5.58. The highest BCUT2D eigenvalue weighted by Gasteiger charge is 2.29. The van der Waals surface area contributed by atoms with Crippen LogP contribution >= 0.6 is 0 Å². The first-order valence-corrected chi connectivity index (χ1v) is 5.58. The molecule has 1 aromatic rings. The van der Waals surface area contributed by atoms with Crippen molar-refractivity contribution in [3.8, 4) is 6.07 Å². The zero-order valence-electron chi connectivity index (χ0n) is 9.48. The number of hydrogen-bond acceptors (Lipinski definition) is 4. The van der Waals surface area contributed by atoms with E-state index in [1.165, 1.54) is 12.8 Å². The number of aromatic nitrogens is 1. The van der Waals surface area contributed by atoms with E-state index in [-0.39, 0.29) is 0 Å². The molecule has 1 fully saturated rings. The molecule has 0 unspecified atom stereocenters. The van der Waals surface area contributed by atoms with Crippen molar-refractivity contribution in [2.75, 3.05) is 17.2 Å². The Balaban J connectivity index is 2.18. The molecule has 16 heavy (non-hydrogen) atoms. The van der Waals surface area contributed by atoms with Crippen LogP contribution in [0.5, 0.6) is 0 Å². The molecule has 0 radical (unpaired) electrons. The zero-order valence-corrected chi connectivity index (χ0v) is 9.48. The molecule has 0 bridgehead atoms. The third kappa shape index (κ3) is 2.25. The summed E-state index contributed by atoms with van der Waals surface area (Å²) in [6, 6.07) is 4.64. The largest absolute Gasteiger partial charge is 0.398 e. The highest BCUT2D eigenvalue weighted by Crippen LogP contribution is 2.31. The lowest BCUT2D eigenvalue weighted by Gasteiger charge is -2.22. The fourth-order valence-corrected chi connectivity index (χ4v) is 1.73. The Bertz CT molecular complexity index is 418. The number of nitrogens with two attached hydrogens (primary N) is 1. The monoisotopic (exact) mass is 216 g/mol. The Hall–Kier alpha value is -1.76. The maximum Gasteiger partial charge on any atom is 0.130 e. The summed E-state index contributed by atoms with van der Waals surface area (Å²) in [5, 5.41) is 8.64. The minimum absolute atomic E-state index is 0.534. The number of rotatable bonds is 4. The number of anilines is 2. The van der Waals surface area contributed by atoms with Gasteiger partial charge in [0, 0.05) is 30.5 Å². The summed E-state index contributed by atoms with van der Waals surface area (Å²) in [7, 11) is 0. The number of hydrogen-bond donors (Lipinski definition) is 1. The van der Waals surface area contributed by atoms with Gasteiger partial charge in [-0.1, -0.05) is 0 Å². The van der Waals surface area contributed by atoms with Crippen LogP contribution in [0.4, 0.5) is 11.5 Å². The van der Waals surface area contributed by atoms with Crippen molar-refractivity contribution >= 4 is 11.5 Å². The number of nitrogens with zero attached hydrogens (tertiary/aromatic N) is 3. The van der Waals surface area contributed by atoms with E-state index in [2.05, 4.69) is 16.0 Å². The molecule has 1 aliphatic carbocycles. The Morgan fingerprint density at radius 2 is 2.38 bits per heavy atom. The highest BCUT2D eigenvalue weighted by molar-refractivity contribution is 5.55. The van der Waals surface area contributed by atoms with E-state index in [4.69, 9.17) is 11.0 Å². The molecule has 0 aromatic carbocycles. The van der Waals surface area contributed by atoms with Gasteiger partial charge in [-0.3, -0.25) is 0 Å². The summed E-state index contributed by atoms with van der Waals surface area (Å²) < 4.78 is 0. The van der Waals surface area contributed by atoms with Gasteiger partial charge in [-0.15, -0.1) is 0 Å². The summed E-state index contributed by atoms with van der Waals surface area (Å²) >= 11 is 0. The van der Waals surface area contributed by atoms with Crippen LogP contribution in [0, 0.1) is 18.3 Å². The van der Waals surface area contributed by atoms with Crippen LogP contribution in [0.1, 0.15) is 24.8 Å². The number of aryl methyl sites for hydroxylation is 1.